The summed E-state index contributed by atoms with van der Waals surface area (Å²) < 4.78 is 0. The quantitative estimate of drug-likeness (QED) is 0.561. The van der Waals surface area contributed by atoms with E-state index in [1.807, 2.05) is 0 Å². The fourth-order valence-electron chi connectivity index (χ4n) is 2.86. The summed E-state index contributed by atoms with van der Waals surface area (Å²) in [6.07, 6.45) is 4.42. The van der Waals surface area contributed by atoms with E-state index in [0.29, 0.717) is 12.0 Å². The van der Waals surface area contributed by atoms with Gasteiger partial charge in [0.25, 0.3) is 0 Å². The summed E-state index contributed by atoms with van der Waals surface area (Å²) in [7, 11) is 0. The first-order valence-corrected chi connectivity index (χ1v) is 4.92. The Morgan fingerprint density at radius 1 is 1.54 bits per heavy atom. The van der Waals surface area contributed by atoms with Crippen molar-refractivity contribution in [2.75, 3.05) is 0 Å². The highest BCUT2D eigenvalue weighted by atomic mass is 16.2. The first-order chi connectivity index (χ1) is 6.24. The molecule has 3 heteroatoms. The van der Waals surface area contributed by atoms with Crippen LogP contribution in [0.25, 0.3) is 0 Å². The first-order valence-electron chi connectivity index (χ1n) is 4.92. The number of likely N-dealkylation sites (tertiary alicyclic amines) is 1. The third kappa shape index (κ3) is 1.21. The maximum Gasteiger partial charge on any atom is 0.220 e. The van der Waals surface area contributed by atoms with Gasteiger partial charge in [-0.15, -0.1) is 0 Å². The second kappa shape index (κ2) is 3.02. The Morgan fingerprint density at radius 2 is 2.31 bits per heavy atom. The van der Waals surface area contributed by atoms with Gasteiger partial charge < -0.3 is 4.90 Å². The van der Waals surface area contributed by atoms with E-state index in [1.165, 1.54) is 12.8 Å². The summed E-state index contributed by atoms with van der Waals surface area (Å²) in [6.45, 7) is 1.57. The molecule has 70 valence electrons. The zero-order valence-electron chi connectivity index (χ0n) is 7.86. The van der Waals surface area contributed by atoms with Crippen LogP contribution in [0, 0.1) is 17.2 Å². The molecule has 0 spiro atoms. The Labute approximate surface area is 78.3 Å². The monoisotopic (exact) mass is 178 g/mol. The van der Waals surface area contributed by atoms with Crippen molar-refractivity contribution in [3.05, 3.63) is 0 Å². The van der Waals surface area contributed by atoms with Crippen LogP contribution in [0.3, 0.4) is 0 Å². The fraction of sp³-hybridized carbons (Fsp3) is 0.800. The van der Waals surface area contributed by atoms with Crippen LogP contribution in [-0.2, 0) is 4.79 Å². The second-order valence-electron chi connectivity index (χ2n) is 4.07. The normalized spacial score (nSPS) is 37.2. The lowest BCUT2D eigenvalue weighted by atomic mass is 10.0. The molecule has 0 N–H and O–H groups in total. The van der Waals surface area contributed by atoms with Crippen molar-refractivity contribution < 1.29 is 4.79 Å². The number of fused-ring (bicyclic) bond motifs is 1. The van der Waals surface area contributed by atoms with E-state index in [0.717, 1.165) is 12.8 Å². The Morgan fingerprint density at radius 3 is 2.92 bits per heavy atom. The van der Waals surface area contributed by atoms with Gasteiger partial charge in [-0.3, -0.25) is 4.79 Å². The van der Waals surface area contributed by atoms with Crippen LogP contribution in [0.4, 0.5) is 0 Å². The van der Waals surface area contributed by atoms with E-state index in [9.17, 15) is 4.79 Å². The molecule has 0 aromatic carbocycles. The van der Waals surface area contributed by atoms with E-state index < -0.39 is 0 Å². The van der Waals surface area contributed by atoms with Crippen LogP contribution in [0.15, 0.2) is 0 Å². The summed E-state index contributed by atoms with van der Waals surface area (Å²) in [4.78, 5) is 13.1. The molecule has 1 aliphatic heterocycles. The summed E-state index contributed by atoms with van der Waals surface area (Å²) >= 11 is 0. The number of hydrogen-bond acceptors (Lipinski definition) is 2. The molecule has 1 amide bonds. The predicted octanol–water partition coefficient (Wildman–Crippen LogP) is 1.30. The van der Waals surface area contributed by atoms with Gasteiger partial charge in [0.2, 0.25) is 5.91 Å². The van der Waals surface area contributed by atoms with E-state index in [-0.39, 0.29) is 11.9 Å². The highest BCUT2D eigenvalue weighted by Gasteiger charge is 2.44. The smallest absolute Gasteiger partial charge is 0.220 e. The van der Waals surface area contributed by atoms with Gasteiger partial charge in [-0.05, 0) is 25.2 Å². The number of carbonyl (C=O) groups excluding carboxylic acids is 1. The minimum absolute atomic E-state index is 0.0703. The van der Waals surface area contributed by atoms with Crippen LogP contribution < -0.4 is 0 Å². The Hall–Kier alpha value is -1.04. The molecule has 1 heterocycles. The zero-order valence-corrected chi connectivity index (χ0v) is 7.86. The third-order valence-electron chi connectivity index (χ3n) is 3.35. The zero-order chi connectivity index (χ0) is 9.42. The van der Waals surface area contributed by atoms with Crippen molar-refractivity contribution >= 4 is 5.91 Å². The van der Waals surface area contributed by atoms with Crippen LogP contribution in [-0.4, -0.2) is 22.9 Å². The predicted molar refractivity (Wildman–Crippen MR) is 47.7 cm³/mol. The maximum absolute atomic E-state index is 11.3. The number of nitrogens with zero attached hydrogens (tertiary/aromatic N) is 2. The van der Waals surface area contributed by atoms with E-state index in [4.69, 9.17) is 5.26 Å². The van der Waals surface area contributed by atoms with E-state index in [1.54, 1.807) is 11.8 Å². The lowest BCUT2D eigenvalue weighted by Crippen LogP contribution is -2.39. The number of rotatable bonds is 0. The van der Waals surface area contributed by atoms with Gasteiger partial charge in [-0.1, -0.05) is 6.42 Å². The van der Waals surface area contributed by atoms with Gasteiger partial charge in [0.1, 0.15) is 6.04 Å². The summed E-state index contributed by atoms with van der Waals surface area (Å²) in [5.41, 5.74) is 0. The van der Waals surface area contributed by atoms with Crippen molar-refractivity contribution in [2.24, 2.45) is 5.92 Å². The summed E-state index contributed by atoms with van der Waals surface area (Å²) in [5, 5.41) is 8.90. The largest absolute Gasteiger partial charge is 0.324 e. The maximum atomic E-state index is 11.3. The van der Waals surface area contributed by atoms with Crippen LogP contribution in [0.2, 0.25) is 0 Å². The second-order valence-corrected chi connectivity index (χ2v) is 4.07. The molecule has 1 aliphatic carbocycles. The molecule has 0 radical (unpaired) electrons. The van der Waals surface area contributed by atoms with Gasteiger partial charge in [-0.2, -0.15) is 5.26 Å². The van der Waals surface area contributed by atoms with Crippen LogP contribution >= 0.6 is 0 Å². The molecule has 2 aliphatic rings. The highest BCUT2D eigenvalue weighted by molar-refractivity contribution is 5.75. The lowest BCUT2D eigenvalue weighted by Gasteiger charge is -2.24. The molecular formula is C10H14N2O. The molecule has 2 fully saturated rings. The molecule has 0 aromatic rings. The average Bonchev–Trinajstić information content (AvgIpc) is 2.59. The fourth-order valence-corrected chi connectivity index (χ4v) is 2.86. The Bertz CT molecular complexity index is 269. The molecule has 13 heavy (non-hydrogen) atoms. The van der Waals surface area contributed by atoms with Gasteiger partial charge in [0.15, 0.2) is 0 Å². The average molecular weight is 178 g/mol. The summed E-state index contributed by atoms with van der Waals surface area (Å²) in [6, 6.07) is 2.46. The Kier molecular flexibility index (Phi) is 1.99. The van der Waals surface area contributed by atoms with Crippen molar-refractivity contribution in [3.8, 4) is 6.07 Å². The SMILES string of the molecule is CC(=O)N1C(C#N)C[C@@H]2CCC[C@H]21. The number of hydrogen-bond donors (Lipinski definition) is 0. The molecule has 2 rings (SSSR count). The molecule has 0 bridgehead atoms. The highest BCUT2D eigenvalue weighted by Crippen LogP contribution is 2.40. The van der Waals surface area contributed by atoms with Crippen LogP contribution in [0.1, 0.15) is 32.6 Å². The van der Waals surface area contributed by atoms with E-state index in [2.05, 4.69) is 6.07 Å². The van der Waals surface area contributed by atoms with Gasteiger partial charge in [-0.25, -0.2) is 0 Å². The number of amides is 1. The van der Waals surface area contributed by atoms with Crippen molar-refractivity contribution in [1.29, 1.82) is 5.26 Å². The van der Waals surface area contributed by atoms with Gasteiger partial charge in [0, 0.05) is 13.0 Å². The van der Waals surface area contributed by atoms with Gasteiger partial charge in [0.05, 0.1) is 6.07 Å². The Balaban J connectivity index is 2.20. The van der Waals surface area contributed by atoms with E-state index >= 15 is 0 Å². The topological polar surface area (TPSA) is 44.1 Å². The minimum atomic E-state index is -0.146. The molecule has 1 unspecified atom stereocenters. The van der Waals surface area contributed by atoms with Gasteiger partial charge >= 0.3 is 0 Å². The van der Waals surface area contributed by atoms with Crippen molar-refractivity contribution in [1.82, 2.24) is 4.90 Å². The minimum Gasteiger partial charge on any atom is -0.324 e. The number of nitriles is 1. The first kappa shape index (κ1) is 8.55. The molecule has 1 saturated heterocycles. The van der Waals surface area contributed by atoms with Crippen LogP contribution in [0.5, 0.6) is 0 Å². The molecular weight excluding hydrogens is 164 g/mol. The third-order valence-corrected chi connectivity index (χ3v) is 3.35. The molecule has 3 atom stereocenters. The number of carbonyl (C=O) groups is 1. The standard InChI is InChI=1S/C10H14N2O/c1-7(13)12-9(6-11)5-8-3-2-4-10(8)12/h8-10H,2-5H2,1H3/t8-,9?,10+/m0/s1. The molecule has 1 saturated carbocycles. The van der Waals surface area contributed by atoms with Crippen molar-refractivity contribution in [2.45, 2.75) is 44.7 Å². The molecule has 0 aromatic heterocycles. The molecule has 3 nitrogen and oxygen atoms in total. The lowest BCUT2D eigenvalue weighted by molar-refractivity contribution is -0.130. The summed E-state index contributed by atoms with van der Waals surface area (Å²) in [5.74, 6) is 0.675. The van der Waals surface area contributed by atoms with Crippen molar-refractivity contribution in [3.63, 3.8) is 0 Å².